The van der Waals surface area contributed by atoms with Gasteiger partial charge in [0.25, 0.3) is 0 Å². The van der Waals surface area contributed by atoms with Crippen LogP contribution in [0.25, 0.3) is 0 Å². The van der Waals surface area contributed by atoms with Gasteiger partial charge in [0.05, 0.1) is 12.1 Å². The van der Waals surface area contributed by atoms with E-state index in [4.69, 9.17) is 9.47 Å². The van der Waals surface area contributed by atoms with Crippen LogP contribution in [0.15, 0.2) is 29.3 Å². The second-order valence-corrected chi connectivity index (χ2v) is 5.92. The number of nitrogens with zero attached hydrogens (tertiary/aromatic N) is 1. The van der Waals surface area contributed by atoms with Crippen LogP contribution in [0.2, 0.25) is 0 Å². The molecule has 2 rings (SSSR count). The third-order valence-corrected chi connectivity index (χ3v) is 3.81. The molecule has 6 heteroatoms. The molecule has 1 atom stereocenters. The van der Waals surface area contributed by atoms with Crippen molar-refractivity contribution < 1.29 is 9.47 Å². The van der Waals surface area contributed by atoms with E-state index < -0.39 is 0 Å². The van der Waals surface area contributed by atoms with E-state index >= 15 is 0 Å². The second kappa shape index (κ2) is 9.97. The average molecular weight is 433 g/mol. The highest BCUT2D eigenvalue weighted by Gasteiger charge is 2.29. The summed E-state index contributed by atoms with van der Waals surface area (Å²) in [6, 6.07) is 8.06. The molecule has 1 aliphatic rings. The lowest BCUT2D eigenvalue weighted by molar-refractivity contribution is 0.0243. The molecule has 1 aromatic rings. The maximum Gasteiger partial charge on any atom is 0.191 e. The maximum absolute atomic E-state index is 5.76. The van der Waals surface area contributed by atoms with E-state index in [1.54, 1.807) is 7.05 Å². The minimum absolute atomic E-state index is 0. The van der Waals surface area contributed by atoms with Crippen LogP contribution in [0.5, 0.6) is 5.75 Å². The summed E-state index contributed by atoms with van der Waals surface area (Å²) in [6.07, 6.45) is 2.22. The number of ether oxygens (including phenoxy) is 2. The molecule has 0 saturated carbocycles. The smallest absolute Gasteiger partial charge is 0.191 e. The second-order valence-electron chi connectivity index (χ2n) is 5.92. The molecule has 0 spiro atoms. The summed E-state index contributed by atoms with van der Waals surface area (Å²) in [5.41, 5.74) is 1.13. The van der Waals surface area contributed by atoms with E-state index in [9.17, 15) is 0 Å². The molecule has 1 unspecified atom stereocenters. The van der Waals surface area contributed by atoms with Crippen LogP contribution in [-0.2, 0) is 4.74 Å². The van der Waals surface area contributed by atoms with Crippen molar-refractivity contribution in [1.29, 1.82) is 0 Å². The van der Waals surface area contributed by atoms with Gasteiger partial charge in [-0.15, -0.1) is 24.0 Å². The fraction of sp³-hybridized carbons (Fsp3) is 0.588. The summed E-state index contributed by atoms with van der Waals surface area (Å²) < 4.78 is 11.5. The van der Waals surface area contributed by atoms with Gasteiger partial charge in [-0.1, -0.05) is 12.1 Å². The standard InChI is InChI=1S/C17H27N3O2.HI/c1-14-6-4-7-15(12-14)21-11-9-19-16(18-3)20-13-17(2)8-5-10-22-17;/h4,6-7,12H,5,8-11,13H2,1-3H3,(H2,18,19,20);1H. The Hall–Kier alpha value is -1.02. The van der Waals surface area contributed by atoms with Crippen LogP contribution >= 0.6 is 24.0 Å². The van der Waals surface area contributed by atoms with Crippen LogP contribution < -0.4 is 15.4 Å². The number of guanidine groups is 1. The minimum atomic E-state index is -0.0737. The molecule has 0 amide bonds. The first kappa shape index (κ1) is 20.0. The van der Waals surface area contributed by atoms with Crippen LogP contribution in [-0.4, -0.2) is 44.9 Å². The highest BCUT2D eigenvalue weighted by atomic mass is 127. The predicted octanol–water partition coefficient (Wildman–Crippen LogP) is 2.73. The van der Waals surface area contributed by atoms with Crippen molar-refractivity contribution in [1.82, 2.24) is 10.6 Å². The normalized spacial score (nSPS) is 20.7. The van der Waals surface area contributed by atoms with Crippen molar-refractivity contribution in [2.45, 2.75) is 32.3 Å². The maximum atomic E-state index is 5.76. The lowest BCUT2D eigenvalue weighted by atomic mass is 10.0. The zero-order valence-corrected chi connectivity index (χ0v) is 16.6. The number of nitrogens with one attached hydrogen (secondary N) is 2. The van der Waals surface area contributed by atoms with Gasteiger partial charge in [0, 0.05) is 20.2 Å². The molecule has 1 aliphatic heterocycles. The van der Waals surface area contributed by atoms with Gasteiger partial charge in [-0.05, 0) is 44.4 Å². The van der Waals surface area contributed by atoms with E-state index in [1.807, 2.05) is 18.2 Å². The van der Waals surface area contributed by atoms with Crippen molar-refractivity contribution in [2.75, 3.05) is 33.4 Å². The molecule has 1 saturated heterocycles. The Kier molecular flexibility index (Phi) is 8.68. The van der Waals surface area contributed by atoms with Gasteiger partial charge in [-0.25, -0.2) is 0 Å². The van der Waals surface area contributed by atoms with Crippen LogP contribution in [0.1, 0.15) is 25.3 Å². The number of aliphatic imine (C=N–C) groups is 1. The highest BCUT2D eigenvalue weighted by Crippen LogP contribution is 2.23. The van der Waals surface area contributed by atoms with Crippen molar-refractivity contribution in [3.8, 4) is 5.75 Å². The summed E-state index contributed by atoms with van der Waals surface area (Å²) in [4.78, 5) is 4.22. The largest absolute Gasteiger partial charge is 0.492 e. The molecule has 0 aromatic heterocycles. The first-order valence-electron chi connectivity index (χ1n) is 7.89. The van der Waals surface area contributed by atoms with E-state index in [1.165, 1.54) is 5.56 Å². The topological polar surface area (TPSA) is 54.9 Å². The predicted molar refractivity (Wildman–Crippen MR) is 105 cm³/mol. The van der Waals surface area contributed by atoms with Gasteiger partial charge < -0.3 is 20.1 Å². The van der Waals surface area contributed by atoms with Crippen LogP contribution in [0, 0.1) is 6.92 Å². The van der Waals surface area contributed by atoms with Crippen molar-refractivity contribution >= 4 is 29.9 Å². The molecular formula is C17H28IN3O2. The van der Waals surface area contributed by atoms with E-state index in [2.05, 4.69) is 35.5 Å². The summed E-state index contributed by atoms with van der Waals surface area (Å²) in [5.74, 6) is 1.68. The van der Waals surface area contributed by atoms with E-state index in [0.29, 0.717) is 13.2 Å². The summed E-state index contributed by atoms with van der Waals surface area (Å²) in [7, 11) is 1.77. The summed E-state index contributed by atoms with van der Waals surface area (Å²) in [6.45, 7) is 7.12. The Bertz CT molecular complexity index is 502. The Labute approximate surface area is 156 Å². The van der Waals surface area contributed by atoms with Crippen LogP contribution in [0.4, 0.5) is 0 Å². The summed E-state index contributed by atoms with van der Waals surface area (Å²) >= 11 is 0. The quantitative estimate of drug-likeness (QED) is 0.314. The molecule has 1 fully saturated rings. The van der Waals surface area contributed by atoms with Crippen LogP contribution in [0.3, 0.4) is 0 Å². The van der Waals surface area contributed by atoms with Gasteiger partial charge >= 0.3 is 0 Å². The SMILES string of the molecule is CN=C(NCCOc1cccc(C)c1)NCC1(C)CCCO1.I. The molecule has 5 nitrogen and oxygen atoms in total. The van der Waals surface area contributed by atoms with Crippen molar-refractivity contribution in [3.63, 3.8) is 0 Å². The number of hydrogen-bond donors (Lipinski definition) is 2. The zero-order chi connectivity index (χ0) is 15.8. The molecular weight excluding hydrogens is 405 g/mol. The number of benzene rings is 1. The minimum Gasteiger partial charge on any atom is -0.492 e. The zero-order valence-electron chi connectivity index (χ0n) is 14.2. The van der Waals surface area contributed by atoms with E-state index in [0.717, 1.165) is 37.7 Å². The first-order chi connectivity index (χ1) is 10.6. The van der Waals surface area contributed by atoms with Crippen molar-refractivity contribution in [2.24, 2.45) is 4.99 Å². The van der Waals surface area contributed by atoms with Gasteiger partial charge in [-0.3, -0.25) is 4.99 Å². The molecule has 1 heterocycles. The Morgan fingerprint density at radius 3 is 2.87 bits per heavy atom. The lowest BCUT2D eigenvalue weighted by Gasteiger charge is -2.24. The molecule has 2 N–H and O–H groups in total. The van der Waals surface area contributed by atoms with E-state index in [-0.39, 0.29) is 29.6 Å². The van der Waals surface area contributed by atoms with Gasteiger partial charge in [0.15, 0.2) is 5.96 Å². The van der Waals surface area contributed by atoms with Crippen molar-refractivity contribution in [3.05, 3.63) is 29.8 Å². The third kappa shape index (κ3) is 6.95. The third-order valence-electron chi connectivity index (χ3n) is 3.81. The van der Waals surface area contributed by atoms with Gasteiger partial charge in [0.2, 0.25) is 0 Å². The fourth-order valence-electron chi connectivity index (χ4n) is 2.51. The first-order valence-corrected chi connectivity index (χ1v) is 7.89. The molecule has 0 radical (unpaired) electrons. The lowest BCUT2D eigenvalue weighted by Crippen LogP contribution is -2.46. The molecule has 0 aliphatic carbocycles. The van der Waals surface area contributed by atoms with Gasteiger partial charge in [-0.2, -0.15) is 0 Å². The monoisotopic (exact) mass is 433 g/mol. The molecule has 0 bridgehead atoms. The Morgan fingerprint density at radius 1 is 1.39 bits per heavy atom. The molecule has 130 valence electrons. The molecule has 1 aromatic carbocycles. The average Bonchev–Trinajstić information content (AvgIpc) is 2.94. The summed E-state index contributed by atoms with van der Waals surface area (Å²) in [5, 5.41) is 6.57. The fourth-order valence-corrected chi connectivity index (χ4v) is 2.51. The number of halogens is 1. The van der Waals surface area contributed by atoms with Gasteiger partial charge in [0.1, 0.15) is 12.4 Å². The number of hydrogen-bond acceptors (Lipinski definition) is 3. The number of aryl methyl sites for hydroxylation is 1. The Balaban J connectivity index is 0.00000264. The Morgan fingerprint density at radius 2 is 2.22 bits per heavy atom. The molecule has 23 heavy (non-hydrogen) atoms. The highest BCUT2D eigenvalue weighted by molar-refractivity contribution is 14.0. The number of rotatable bonds is 6.